The molecule has 3 heterocycles. The fourth-order valence-corrected chi connectivity index (χ4v) is 3.71. The van der Waals surface area contributed by atoms with Crippen molar-refractivity contribution in [2.24, 2.45) is 0 Å². The molecule has 0 spiro atoms. The van der Waals surface area contributed by atoms with Crippen LogP contribution in [0.5, 0.6) is 0 Å². The second-order valence-electron chi connectivity index (χ2n) is 6.62. The number of hydrogen-bond donors (Lipinski definition) is 0. The van der Waals surface area contributed by atoms with Crippen LogP contribution >= 0.6 is 0 Å². The smallest absolute Gasteiger partial charge is 0.276 e. The van der Waals surface area contributed by atoms with E-state index in [1.54, 1.807) is 0 Å². The van der Waals surface area contributed by atoms with Crippen LogP contribution in [0.25, 0.3) is 0 Å². The molecule has 0 radical (unpaired) electrons. The van der Waals surface area contributed by atoms with Crippen molar-refractivity contribution in [3.8, 4) is 0 Å². The number of aromatic nitrogens is 1. The maximum Gasteiger partial charge on any atom is 0.276 e. The summed E-state index contributed by atoms with van der Waals surface area (Å²) in [5, 5.41) is 0. The Balaban J connectivity index is 1.58. The summed E-state index contributed by atoms with van der Waals surface area (Å²) in [5.41, 5.74) is 2.83. The molecule has 0 N–H and O–H groups in total. The predicted molar refractivity (Wildman–Crippen MR) is 96.7 cm³/mol. The zero-order chi connectivity index (χ0) is 16.4. The average molecular weight is 321 g/mol. The minimum atomic E-state index is 0.0108. The Hall–Kier alpha value is -2.36. The average Bonchev–Trinajstić information content (AvgIpc) is 2.87. The monoisotopic (exact) mass is 321 g/mol. The molecule has 1 amide bonds. The van der Waals surface area contributed by atoms with E-state index in [4.69, 9.17) is 4.98 Å². The van der Waals surface area contributed by atoms with Gasteiger partial charge in [-0.15, -0.1) is 0 Å². The molecular formula is C20H23N3O. The molecule has 4 heteroatoms. The van der Waals surface area contributed by atoms with E-state index in [9.17, 15) is 4.79 Å². The van der Waals surface area contributed by atoms with Gasteiger partial charge in [0.1, 0.15) is 11.5 Å². The van der Waals surface area contributed by atoms with Crippen LogP contribution in [-0.4, -0.2) is 30.5 Å². The van der Waals surface area contributed by atoms with Crippen molar-refractivity contribution < 1.29 is 4.79 Å². The van der Waals surface area contributed by atoms with Crippen LogP contribution in [0.1, 0.15) is 41.7 Å². The molecule has 2 aliphatic rings. The van der Waals surface area contributed by atoms with Crippen molar-refractivity contribution in [2.75, 3.05) is 29.4 Å². The summed E-state index contributed by atoms with van der Waals surface area (Å²) >= 11 is 0. The van der Waals surface area contributed by atoms with Crippen LogP contribution in [0.3, 0.4) is 0 Å². The topological polar surface area (TPSA) is 36.4 Å². The molecule has 1 aromatic heterocycles. The number of anilines is 2. The summed E-state index contributed by atoms with van der Waals surface area (Å²) in [6, 6.07) is 14.0. The number of benzene rings is 1. The highest BCUT2D eigenvalue weighted by Crippen LogP contribution is 2.29. The Kier molecular flexibility index (Phi) is 4.20. The second kappa shape index (κ2) is 6.63. The van der Waals surface area contributed by atoms with Gasteiger partial charge in [0.05, 0.1) is 0 Å². The van der Waals surface area contributed by atoms with Crippen molar-refractivity contribution in [3.05, 3.63) is 53.7 Å². The number of fused-ring (bicyclic) bond motifs is 1. The van der Waals surface area contributed by atoms with Gasteiger partial charge in [0.25, 0.3) is 5.91 Å². The summed E-state index contributed by atoms with van der Waals surface area (Å²) < 4.78 is 0. The van der Waals surface area contributed by atoms with E-state index in [0.29, 0.717) is 5.69 Å². The summed E-state index contributed by atoms with van der Waals surface area (Å²) in [6.45, 7) is 2.82. The van der Waals surface area contributed by atoms with Crippen molar-refractivity contribution in [1.29, 1.82) is 0 Å². The zero-order valence-electron chi connectivity index (χ0n) is 13.9. The van der Waals surface area contributed by atoms with E-state index in [1.165, 1.54) is 31.2 Å². The molecule has 0 atom stereocenters. The normalized spacial score (nSPS) is 17.5. The zero-order valence-corrected chi connectivity index (χ0v) is 13.9. The Morgan fingerprint density at radius 2 is 1.67 bits per heavy atom. The SMILES string of the molecule is O=C(c1cccc(N2CCCCCC2)n1)N1CCc2ccccc21. The molecule has 0 saturated carbocycles. The minimum Gasteiger partial charge on any atom is -0.357 e. The maximum absolute atomic E-state index is 13.0. The van der Waals surface area contributed by atoms with Crippen LogP contribution in [0.15, 0.2) is 42.5 Å². The van der Waals surface area contributed by atoms with Crippen molar-refractivity contribution >= 4 is 17.4 Å². The minimum absolute atomic E-state index is 0.0108. The predicted octanol–water partition coefficient (Wildman–Crippen LogP) is 3.66. The molecule has 4 nitrogen and oxygen atoms in total. The van der Waals surface area contributed by atoms with E-state index in [-0.39, 0.29) is 5.91 Å². The number of rotatable bonds is 2. The highest BCUT2D eigenvalue weighted by molar-refractivity contribution is 6.06. The van der Waals surface area contributed by atoms with Gasteiger partial charge in [0, 0.05) is 25.3 Å². The highest BCUT2D eigenvalue weighted by Gasteiger charge is 2.26. The summed E-state index contributed by atoms with van der Waals surface area (Å²) in [6.07, 6.45) is 5.92. The number of para-hydroxylation sites is 1. The molecular weight excluding hydrogens is 298 g/mol. The number of hydrogen-bond acceptors (Lipinski definition) is 3. The number of carbonyl (C=O) groups is 1. The highest BCUT2D eigenvalue weighted by atomic mass is 16.2. The van der Waals surface area contributed by atoms with E-state index in [1.807, 2.05) is 41.3 Å². The van der Waals surface area contributed by atoms with Crippen LogP contribution in [0.4, 0.5) is 11.5 Å². The molecule has 2 aromatic rings. The van der Waals surface area contributed by atoms with Gasteiger partial charge in [-0.3, -0.25) is 4.79 Å². The van der Waals surface area contributed by atoms with Gasteiger partial charge in [0.2, 0.25) is 0 Å². The standard InChI is InChI=1S/C20H23N3O/c24-20(23-15-12-16-8-3-4-10-18(16)23)17-9-7-11-19(21-17)22-13-5-1-2-6-14-22/h3-4,7-11H,1-2,5-6,12-15H2. The lowest BCUT2D eigenvalue weighted by Gasteiger charge is -2.22. The van der Waals surface area contributed by atoms with Crippen LogP contribution in [0.2, 0.25) is 0 Å². The van der Waals surface area contributed by atoms with E-state index in [0.717, 1.165) is 37.6 Å². The van der Waals surface area contributed by atoms with Crippen molar-refractivity contribution in [1.82, 2.24) is 4.98 Å². The molecule has 4 rings (SSSR count). The Morgan fingerprint density at radius 1 is 0.875 bits per heavy atom. The Labute approximate surface area is 143 Å². The third-order valence-corrected chi connectivity index (χ3v) is 5.02. The van der Waals surface area contributed by atoms with Gasteiger partial charge >= 0.3 is 0 Å². The molecule has 124 valence electrons. The third-order valence-electron chi connectivity index (χ3n) is 5.02. The van der Waals surface area contributed by atoms with Gasteiger partial charge in [-0.1, -0.05) is 37.1 Å². The first kappa shape index (κ1) is 15.2. The maximum atomic E-state index is 13.0. The van der Waals surface area contributed by atoms with Crippen molar-refractivity contribution in [3.63, 3.8) is 0 Å². The number of amides is 1. The van der Waals surface area contributed by atoms with Gasteiger partial charge in [0.15, 0.2) is 0 Å². The number of pyridine rings is 1. The fraction of sp³-hybridized carbons (Fsp3) is 0.400. The molecule has 1 fully saturated rings. The molecule has 2 aliphatic heterocycles. The molecule has 0 unspecified atom stereocenters. The lowest BCUT2D eigenvalue weighted by Crippen LogP contribution is -2.31. The molecule has 1 aromatic carbocycles. The van der Waals surface area contributed by atoms with Gasteiger partial charge in [-0.25, -0.2) is 4.98 Å². The first-order chi connectivity index (χ1) is 11.8. The molecule has 24 heavy (non-hydrogen) atoms. The van der Waals surface area contributed by atoms with Crippen LogP contribution in [0, 0.1) is 0 Å². The van der Waals surface area contributed by atoms with Crippen molar-refractivity contribution in [2.45, 2.75) is 32.1 Å². The number of nitrogens with zero attached hydrogens (tertiary/aromatic N) is 3. The first-order valence-corrected chi connectivity index (χ1v) is 8.95. The third kappa shape index (κ3) is 2.88. The van der Waals surface area contributed by atoms with Gasteiger partial charge in [-0.2, -0.15) is 0 Å². The number of carbonyl (C=O) groups excluding carboxylic acids is 1. The fourth-order valence-electron chi connectivity index (χ4n) is 3.71. The van der Waals surface area contributed by atoms with E-state index in [2.05, 4.69) is 11.0 Å². The quantitative estimate of drug-likeness (QED) is 0.847. The van der Waals surface area contributed by atoms with Crippen LogP contribution < -0.4 is 9.80 Å². The van der Waals surface area contributed by atoms with Crippen LogP contribution in [-0.2, 0) is 6.42 Å². The molecule has 0 aliphatic carbocycles. The van der Waals surface area contributed by atoms with E-state index >= 15 is 0 Å². The van der Waals surface area contributed by atoms with E-state index < -0.39 is 0 Å². The Morgan fingerprint density at radius 3 is 2.50 bits per heavy atom. The largest absolute Gasteiger partial charge is 0.357 e. The summed E-state index contributed by atoms with van der Waals surface area (Å²) in [5.74, 6) is 0.951. The summed E-state index contributed by atoms with van der Waals surface area (Å²) in [7, 11) is 0. The summed E-state index contributed by atoms with van der Waals surface area (Å²) in [4.78, 5) is 21.8. The first-order valence-electron chi connectivity index (χ1n) is 8.95. The second-order valence-corrected chi connectivity index (χ2v) is 6.62. The van der Waals surface area contributed by atoms with Gasteiger partial charge < -0.3 is 9.80 Å². The lowest BCUT2D eigenvalue weighted by atomic mass is 10.2. The lowest BCUT2D eigenvalue weighted by molar-refractivity contribution is 0.0984. The molecule has 0 bridgehead atoms. The van der Waals surface area contributed by atoms with Gasteiger partial charge in [-0.05, 0) is 43.0 Å². The molecule has 1 saturated heterocycles. The Bertz CT molecular complexity index is 735.